The first-order chi connectivity index (χ1) is 7.15. The van der Waals surface area contributed by atoms with Gasteiger partial charge in [0.05, 0.1) is 6.61 Å². The lowest BCUT2D eigenvalue weighted by atomic mass is 9.49. The van der Waals surface area contributed by atoms with Crippen molar-refractivity contribution in [3.8, 4) is 5.75 Å². The molecule has 1 aromatic carbocycles. The van der Waals surface area contributed by atoms with Gasteiger partial charge in [-0.3, -0.25) is 0 Å². The maximum atomic E-state index is 13.4. The van der Waals surface area contributed by atoms with Crippen molar-refractivity contribution in [2.75, 3.05) is 6.61 Å². The fourth-order valence-electron chi connectivity index (χ4n) is 1.39. The Bertz CT molecular complexity index is 312. The summed E-state index contributed by atoms with van der Waals surface area (Å²) in [5.41, 5.74) is 0.726. The third-order valence-electron chi connectivity index (χ3n) is 2.36. The van der Waals surface area contributed by atoms with Gasteiger partial charge in [-0.15, -0.1) is 0 Å². The van der Waals surface area contributed by atoms with Crippen LogP contribution in [0.25, 0.3) is 0 Å². The first-order valence-electron chi connectivity index (χ1n) is 5.57. The van der Waals surface area contributed by atoms with Crippen molar-refractivity contribution in [3.63, 3.8) is 0 Å². The van der Waals surface area contributed by atoms with Crippen LogP contribution in [0.15, 0.2) is 18.2 Å². The molecule has 0 bridgehead atoms. The maximum Gasteiger partial charge on any atom is 0.173 e. The van der Waals surface area contributed by atoms with Gasteiger partial charge in [-0.05, 0) is 30.1 Å². The molecule has 0 atom stereocenters. The predicted molar refractivity (Wildman–Crippen MR) is 63.9 cm³/mol. The monoisotopic (exact) mass is 208 g/mol. The molecule has 1 aromatic rings. The standard InChI is InChI=1S/C12H18BFO/c1-4-5-8-15-10-6-7-12(14)11(9-10)13(2)3/h6-7,9H,4-5,8H2,1-3H3. The second-order valence-corrected chi connectivity index (χ2v) is 4.04. The van der Waals surface area contributed by atoms with Crippen LogP contribution in [-0.2, 0) is 0 Å². The molecule has 0 saturated carbocycles. The molecule has 0 N–H and O–H groups in total. The van der Waals surface area contributed by atoms with Gasteiger partial charge in [-0.1, -0.05) is 27.0 Å². The second kappa shape index (κ2) is 5.79. The quantitative estimate of drug-likeness (QED) is 0.533. The Balaban J connectivity index is 2.70. The molecule has 0 aromatic heterocycles. The van der Waals surface area contributed by atoms with Gasteiger partial charge in [-0.25, -0.2) is 4.39 Å². The van der Waals surface area contributed by atoms with Gasteiger partial charge < -0.3 is 4.74 Å². The molecule has 3 heteroatoms. The number of rotatable bonds is 5. The van der Waals surface area contributed by atoms with Crippen LogP contribution < -0.4 is 10.2 Å². The summed E-state index contributed by atoms with van der Waals surface area (Å²) in [6, 6.07) is 4.98. The van der Waals surface area contributed by atoms with Crippen molar-refractivity contribution in [3.05, 3.63) is 24.0 Å². The number of halogens is 1. The van der Waals surface area contributed by atoms with Gasteiger partial charge in [0, 0.05) is 0 Å². The molecule has 0 fully saturated rings. The summed E-state index contributed by atoms with van der Waals surface area (Å²) in [7, 11) is 0. The minimum absolute atomic E-state index is 0.146. The molecule has 0 heterocycles. The van der Waals surface area contributed by atoms with Gasteiger partial charge in [0.2, 0.25) is 0 Å². The van der Waals surface area contributed by atoms with E-state index in [0.717, 1.165) is 24.1 Å². The lowest BCUT2D eigenvalue weighted by Crippen LogP contribution is -2.26. The summed E-state index contributed by atoms with van der Waals surface area (Å²) in [6.45, 7) is 6.98. The largest absolute Gasteiger partial charge is 0.494 e. The summed E-state index contributed by atoms with van der Waals surface area (Å²) >= 11 is 0. The Kier molecular flexibility index (Phi) is 4.66. The smallest absolute Gasteiger partial charge is 0.173 e. The molecule has 0 saturated heterocycles. The van der Waals surface area contributed by atoms with Crippen molar-refractivity contribution in [2.24, 2.45) is 0 Å². The van der Waals surface area contributed by atoms with Crippen LogP contribution in [0.2, 0.25) is 13.6 Å². The van der Waals surface area contributed by atoms with Crippen molar-refractivity contribution in [2.45, 2.75) is 33.4 Å². The third kappa shape index (κ3) is 3.58. The van der Waals surface area contributed by atoms with Crippen molar-refractivity contribution >= 4 is 12.2 Å². The van der Waals surface area contributed by atoms with Gasteiger partial charge in [0.1, 0.15) is 11.6 Å². The zero-order valence-corrected chi connectivity index (χ0v) is 9.72. The predicted octanol–water partition coefficient (Wildman–Crippen LogP) is 2.97. The van der Waals surface area contributed by atoms with E-state index in [1.807, 2.05) is 13.6 Å². The summed E-state index contributed by atoms with van der Waals surface area (Å²) in [4.78, 5) is 0. The fraction of sp³-hybridized carbons (Fsp3) is 0.500. The van der Waals surface area contributed by atoms with Gasteiger partial charge in [0.25, 0.3) is 0 Å². The topological polar surface area (TPSA) is 9.23 Å². The lowest BCUT2D eigenvalue weighted by Gasteiger charge is -2.09. The highest BCUT2D eigenvalue weighted by atomic mass is 19.1. The van der Waals surface area contributed by atoms with Crippen LogP contribution in [0.1, 0.15) is 19.8 Å². The highest BCUT2D eigenvalue weighted by Gasteiger charge is 2.10. The van der Waals surface area contributed by atoms with Crippen molar-refractivity contribution in [1.29, 1.82) is 0 Å². The van der Waals surface area contributed by atoms with Crippen LogP contribution in [-0.4, -0.2) is 13.3 Å². The highest BCUT2D eigenvalue weighted by molar-refractivity contribution is 6.70. The van der Waals surface area contributed by atoms with Crippen LogP contribution in [0.4, 0.5) is 4.39 Å². The van der Waals surface area contributed by atoms with Crippen molar-refractivity contribution in [1.82, 2.24) is 0 Å². The number of ether oxygens (including phenoxy) is 1. The molecule has 0 amide bonds. The first-order valence-corrected chi connectivity index (χ1v) is 5.57. The molecule has 15 heavy (non-hydrogen) atoms. The van der Waals surface area contributed by atoms with E-state index in [9.17, 15) is 4.39 Å². The number of hydrogen-bond donors (Lipinski definition) is 0. The van der Waals surface area contributed by atoms with E-state index in [2.05, 4.69) is 6.92 Å². The molecule has 1 rings (SSSR count). The molecule has 0 unspecified atom stereocenters. The summed E-state index contributed by atoms with van der Waals surface area (Å²) in [5, 5.41) is 0. The fourth-order valence-corrected chi connectivity index (χ4v) is 1.39. The van der Waals surface area contributed by atoms with Crippen LogP contribution in [0.5, 0.6) is 5.75 Å². The Hall–Kier alpha value is -0.985. The number of unbranched alkanes of at least 4 members (excludes halogenated alkanes) is 1. The Labute approximate surface area is 91.7 Å². The van der Waals surface area contributed by atoms with Crippen LogP contribution >= 0.6 is 0 Å². The molecule has 0 radical (unpaired) electrons. The molecule has 0 aliphatic heterocycles. The lowest BCUT2D eigenvalue weighted by molar-refractivity contribution is 0.309. The Morgan fingerprint density at radius 3 is 2.67 bits per heavy atom. The minimum Gasteiger partial charge on any atom is -0.494 e. The molecule has 0 aliphatic rings. The number of hydrogen-bond acceptors (Lipinski definition) is 1. The third-order valence-corrected chi connectivity index (χ3v) is 2.36. The van der Waals surface area contributed by atoms with Gasteiger partial charge in [0.15, 0.2) is 6.71 Å². The van der Waals surface area contributed by atoms with Gasteiger partial charge >= 0.3 is 0 Å². The molecule has 1 nitrogen and oxygen atoms in total. The highest BCUT2D eigenvalue weighted by Crippen LogP contribution is 2.11. The van der Waals surface area contributed by atoms with E-state index in [-0.39, 0.29) is 12.5 Å². The minimum atomic E-state index is -0.146. The summed E-state index contributed by atoms with van der Waals surface area (Å²) in [5.74, 6) is 0.626. The number of benzene rings is 1. The summed E-state index contributed by atoms with van der Waals surface area (Å²) in [6.07, 6.45) is 2.15. The average molecular weight is 208 g/mol. The molecular weight excluding hydrogens is 190 g/mol. The van der Waals surface area contributed by atoms with E-state index < -0.39 is 0 Å². The second-order valence-electron chi connectivity index (χ2n) is 4.04. The Morgan fingerprint density at radius 1 is 1.33 bits per heavy atom. The Morgan fingerprint density at radius 2 is 2.07 bits per heavy atom. The maximum absolute atomic E-state index is 13.4. The van der Waals surface area contributed by atoms with E-state index in [1.165, 1.54) is 6.07 Å². The molecule has 0 spiro atoms. The van der Waals surface area contributed by atoms with Crippen molar-refractivity contribution < 1.29 is 9.13 Å². The normalized spacial score (nSPS) is 10.1. The van der Waals surface area contributed by atoms with E-state index in [0.29, 0.717) is 6.61 Å². The van der Waals surface area contributed by atoms with E-state index in [1.54, 1.807) is 12.1 Å². The van der Waals surface area contributed by atoms with Gasteiger partial charge in [-0.2, -0.15) is 0 Å². The molecule has 0 aliphatic carbocycles. The van der Waals surface area contributed by atoms with Crippen LogP contribution in [0, 0.1) is 5.82 Å². The zero-order chi connectivity index (χ0) is 11.3. The van der Waals surface area contributed by atoms with E-state index in [4.69, 9.17) is 4.74 Å². The average Bonchev–Trinajstić information content (AvgIpc) is 2.20. The van der Waals surface area contributed by atoms with E-state index >= 15 is 0 Å². The first kappa shape index (κ1) is 12.1. The SMILES string of the molecule is CCCCOc1ccc(F)c(B(C)C)c1. The van der Waals surface area contributed by atoms with Crippen LogP contribution in [0.3, 0.4) is 0 Å². The molecular formula is C12H18BFO. The molecule has 82 valence electrons. The summed E-state index contributed by atoms with van der Waals surface area (Å²) < 4.78 is 18.9. The zero-order valence-electron chi connectivity index (χ0n) is 9.72.